The first kappa shape index (κ1) is 14.9. The van der Waals surface area contributed by atoms with E-state index in [4.69, 9.17) is 0 Å². The van der Waals surface area contributed by atoms with Crippen LogP contribution in [-0.4, -0.2) is 15.9 Å². The van der Waals surface area contributed by atoms with Crippen LogP contribution in [0, 0.1) is 13.8 Å². The van der Waals surface area contributed by atoms with Crippen molar-refractivity contribution in [2.45, 2.75) is 13.8 Å². The standard InChI is InChI=1S/C19H17N3O/c1-13-3-5-16(6-4-13)19(23)22-17-9-7-15(8-10-17)18-11-12-20-14(2)21-18/h3-12H,1-2H3,(H,22,23). The third kappa shape index (κ3) is 3.61. The van der Waals surface area contributed by atoms with E-state index >= 15 is 0 Å². The average molecular weight is 303 g/mol. The summed E-state index contributed by atoms with van der Waals surface area (Å²) in [5.41, 5.74) is 4.39. The molecule has 0 saturated heterocycles. The van der Waals surface area contributed by atoms with Crippen LogP contribution >= 0.6 is 0 Å². The number of nitrogens with zero attached hydrogens (tertiary/aromatic N) is 2. The van der Waals surface area contributed by atoms with E-state index in [0.717, 1.165) is 28.3 Å². The fraction of sp³-hybridized carbons (Fsp3) is 0.105. The number of rotatable bonds is 3. The SMILES string of the molecule is Cc1ccc(C(=O)Nc2ccc(-c3ccnc(C)n3)cc2)cc1. The zero-order valence-electron chi connectivity index (χ0n) is 13.1. The summed E-state index contributed by atoms with van der Waals surface area (Å²) in [6.07, 6.45) is 1.74. The summed E-state index contributed by atoms with van der Waals surface area (Å²) in [5, 5.41) is 2.90. The largest absolute Gasteiger partial charge is 0.322 e. The summed E-state index contributed by atoms with van der Waals surface area (Å²) in [4.78, 5) is 20.7. The van der Waals surface area contributed by atoms with Crippen LogP contribution in [0.4, 0.5) is 5.69 Å². The van der Waals surface area contributed by atoms with E-state index < -0.39 is 0 Å². The van der Waals surface area contributed by atoms with Crippen LogP contribution in [0.5, 0.6) is 0 Å². The minimum Gasteiger partial charge on any atom is -0.322 e. The highest BCUT2D eigenvalue weighted by atomic mass is 16.1. The first-order valence-corrected chi connectivity index (χ1v) is 7.40. The molecule has 114 valence electrons. The number of hydrogen-bond acceptors (Lipinski definition) is 3. The van der Waals surface area contributed by atoms with Gasteiger partial charge in [-0.15, -0.1) is 0 Å². The number of anilines is 1. The van der Waals surface area contributed by atoms with E-state index in [1.165, 1.54) is 0 Å². The predicted molar refractivity (Wildman–Crippen MR) is 91.3 cm³/mol. The molecule has 23 heavy (non-hydrogen) atoms. The van der Waals surface area contributed by atoms with E-state index in [1.54, 1.807) is 6.20 Å². The Balaban J connectivity index is 1.75. The Morgan fingerprint density at radius 1 is 0.913 bits per heavy atom. The summed E-state index contributed by atoms with van der Waals surface area (Å²) in [5.74, 6) is 0.620. The fourth-order valence-corrected chi connectivity index (χ4v) is 2.25. The molecule has 3 rings (SSSR count). The Labute approximate surface area is 135 Å². The molecule has 0 unspecified atom stereocenters. The van der Waals surface area contributed by atoms with Gasteiger partial charge in [0.25, 0.3) is 5.91 Å². The number of nitrogens with one attached hydrogen (secondary N) is 1. The van der Waals surface area contributed by atoms with E-state index in [0.29, 0.717) is 5.56 Å². The van der Waals surface area contributed by atoms with Crippen LogP contribution in [0.25, 0.3) is 11.3 Å². The first-order chi connectivity index (χ1) is 11.1. The summed E-state index contributed by atoms with van der Waals surface area (Å²) in [7, 11) is 0. The molecular formula is C19H17N3O. The molecule has 4 heteroatoms. The lowest BCUT2D eigenvalue weighted by atomic mass is 10.1. The zero-order valence-corrected chi connectivity index (χ0v) is 13.1. The van der Waals surface area contributed by atoms with Crippen molar-refractivity contribution in [3.05, 3.63) is 77.7 Å². The maximum atomic E-state index is 12.2. The number of carbonyl (C=O) groups is 1. The van der Waals surface area contributed by atoms with Gasteiger partial charge in [0.1, 0.15) is 5.82 Å². The number of carbonyl (C=O) groups excluding carboxylic acids is 1. The van der Waals surface area contributed by atoms with E-state index in [-0.39, 0.29) is 5.91 Å². The van der Waals surface area contributed by atoms with Gasteiger partial charge in [-0.2, -0.15) is 0 Å². The van der Waals surface area contributed by atoms with Gasteiger partial charge in [0.05, 0.1) is 5.69 Å². The molecule has 0 atom stereocenters. The molecule has 1 N–H and O–H groups in total. The molecule has 0 radical (unpaired) electrons. The highest BCUT2D eigenvalue weighted by Gasteiger charge is 2.06. The molecule has 1 aromatic heterocycles. The minimum absolute atomic E-state index is 0.115. The quantitative estimate of drug-likeness (QED) is 0.795. The van der Waals surface area contributed by atoms with Gasteiger partial charge < -0.3 is 5.32 Å². The van der Waals surface area contributed by atoms with E-state index in [1.807, 2.05) is 68.4 Å². The number of benzene rings is 2. The maximum Gasteiger partial charge on any atom is 0.255 e. The lowest BCUT2D eigenvalue weighted by molar-refractivity contribution is 0.102. The van der Waals surface area contributed by atoms with Crippen LogP contribution in [0.2, 0.25) is 0 Å². The minimum atomic E-state index is -0.115. The highest BCUT2D eigenvalue weighted by molar-refractivity contribution is 6.04. The summed E-state index contributed by atoms with van der Waals surface area (Å²) >= 11 is 0. The monoisotopic (exact) mass is 303 g/mol. The van der Waals surface area contributed by atoms with Gasteiger partial charge in [-0.25, -0.2) is 9.97 Å². The number of amides is 1. The van der Waals surface area contributed by atoms with Crippen LogP contribution in [0.1, 0.15) is 21.7 Å². The van der Waals surface area contributed by atoms with Gasteiger partial charge in [0.2, 0.25) is 0 Å². The molecule has 0 aliphatic rings. The molecule has 1 amide bonds. The van der Waals surface area contributed by atoms with E-state index in [2.05, 4.69) is 15.3 Å². The lowest BCUT2D eigenvalue weighted by Gasteiger charge is -2.07. The molecule has 0 saturated carbocycles. The second kappa shape index (κ2) is 6.40. The Hall–Kier alpha value is -3.01. The van der Waals surface area contributed by atoms with Crippen molar-refractivity contribution >= 4 is 11.6 Å². The topological polar surface area (TPSA) is 54.9 Å². The van der Waals surface area contributed by atoms with Gasteiger partial charge in [-0.3, -0.25) is 4.79 Å². The summed E-state index contributed by atoms with van der Waals surface area (Å²) < 4.78 is 0. The molecule has 2 aromatic carbocycles. The predicted octanol–water partition coefficient (Wildman–Crippen LogP) is 4.01. The van der Waals surface area contributed by atoms with Crippen LogP contribution in [-0.2, 0) is 0 Å². The molecule has 3 aromatic rings. The average Bonchev–Trinajstić information content (AvgIpc) is 2.56. The van der Waals surface area contributed by atoms with Crippen LogP contribution in [0.15, 0.2) is 60.8 Å². The smallest absolute Gasteiger partial charge is 0.255 e. The molecule has 0 aliphatic carbocycles. The Morgan fingerprint density at radius 3 is 2.26 bits per heavy atom. The Bertz CT molecular complexity index is 824. The second-order valence-electron chi connectivity index (χ2n) is 5.39. The van der Waals surface area contributed by atoms with Gasteiger partial charge in [-0.1, -0.05) is 29.8 Å². The van der Waals surface area contributed by atoms with Crippen molar-refractivity contribution in [3.8, 4) is 11.3 Å². The Morgan fingerprint density at radius 2 is 1.61 bits per heavy atom. The molecule has 0 fully saturated rings. The maximum absolute atomic E-state index is 12.2. The van der Waals surface area contributed by atoms with Gasteiger partial charge in [0, 0.05) is 23.0 Å². The molecule has 4 nitrogen and oxygen atoms in total. The van der Waals surface area contributed by atoms with Crippen LogP contribution in [0.3, 0.4) is 0 Å². The number of hydrogen-bond donors (Lipinski definition) is 1. The number of aryl methyl sites for hydroxylation is 2. The first-order valence-electron chi connectivity index (χ1n) is 7.40. The zero-order chi connectivity index (χ0) is 16.2. The van der Waals surface area contributed by atoms with Crippen molar-refractivity contribution in [1.82, 2.24) is 9.97 Å². The van der Waals surface area contributed by atoms with Crippen molar-refractivity contribution in [3.63, 3.8) is 0 Å². The van der Waals surface area contributed by atoms with Gasteiger partial charge >= 0.3 is 0 Å². The second-order valence-corrected chi connectivity index (χ2v) is 5.39. The van der Waals surface area contributed by atoms with Crippen LogP contribution < -0.4 is 5.32 Å². The van der Waals surface area contributed by atoms with Crippen molar-refractivity contribution in [2.75, 3.05) is 5.32 Å². The summed E-state index contributed by atoms with van der Waals surface area (Å²) in [6.45, 7) is 3.86. The highest BCUT2D eigenvalue weighted by Crippen LogP contribution is 2.19. The third-order valence-corrected chi connectivity index (χ3v) is 3.53. The third-order valence-electron chi connectivity index (χ3n) is 3.53. The summed E-state index contributed by atoms with van der Waals surface area (Å²) in [6, 6.07) is 17.0. The molecule has 0 bridgehead atoms. The van der Waals surface area contributed by atoms with Gasteiger partial charge in [0.15, 0.2) is 0 Å². The lowest BCUT2D eigenvalue weighted by Crippen LogP contribution is -2.11. The molecule has 1 heterocycles. The van der Waals surface area contributed by atoms with Crippen molar-refractivity contribution in [1.29, 1.82) is 0 Å². The van der Waals surface area contributed by atoms with Crippen molar-refractivity contribution in [2.24, 2.45) is 0 Å². The molecular weight excluding hydrogens is 286 g/mol. The van der Waals surface area contributed by atoms with E-state index in [9.17, 15) is 4.79 Å². The van der Waals surface area contributed by atoms with Gasteiger partial charge in [-0.05, 0) is 44.2 Å². The Kier molecular flexibility index (Phi) is 4.15. The number of aromatic nitrogens is 2. The molecule has 0 spiro atoms. The molecule has 0 aliphatic heterocycles. The fourth-order valence-electron chi connectivity index (χ4n) is 2.25. The van der Waals surface area contributed by atoms with Crippen molar-refractivity contribution < 1.29 is 4.79 Å². The normalized spacial score (nSPS) is 10.3.